The van der Waals surface area contributed by atoms with Crippen LogP contribution >= 0.6 is 0 Å². The number of nitrogens with one attached hydrogen (secondary N) is 1. The lowest BCUT2D eigenvalue weighted by Gasteiger charge is -2.34. The highest BCUT2D eigenvalue weighted by atomic mass is 16.5. The summed E-state index contributed by atoms with van der Waals surface area (Å²) in [5.74, 6) is 2.51. The predicted molar refractivity (Wildman–Crippen MR) is 78.4 cm³/mol. The second-order valence-corrected chi connectivity index (χ2v) is 5.91. The monoisotopic (exact) mass is 265 g/mol. The molecule has 108 valence electrons. The highest BCUT2D eigenvalue weighted by Crippen LogP contribution is 2.31. The molecule has 2 rings (SSSR count). The van der Waals surface area contributed by atoms with Gasteiger partial charge < -0.3 is 14.6 Å². The summed E-state index contributed by atoms with van der Waals surface area (Å²) >= 11 is 0. The summed E-state index contributed by atoms with van der Waals surface area (Å²) in [6.07, 6.45) is 6.03. The summed E-state index contributed by atoms with van der Waals surface area (Å²) in [5, 5.41) is 3.66. The number of rotatable bonds is 5. The fourth-order valence-corrected chi connectivity index (χ4v) is 2.97. The summed E-state index contributed by atoms with van der Waals surface area (Å²) in [6.45, 7) is 8.34. The Labute approximate surface area is 116 Å². The Kier molecular flexibility index (Phi) is 4.86. The van der Waals surface area contributed by atoms with Crippen molar-refractivity contribution in [3.63, 3.8) is 0 Å². The molecule has 1 aliphatic carbocycles. The maximum atomic E-state index is 5.16. The molecule has 19 heavy (non-hydrogen) atoms. The number of aromatic nitrogens is 2. The molecular formula is C15H27N3O. The normalized spacial score (nSPS) is 27.5. The quantitative estimate of drug-likeness (QED) is 0.889. The SMILES string of the molecule is COCCn1cc(C)nc1NC1CCCC(C)C1C. The third kappa shape index (κ3) is 3.50. The lowest BCUT2D eigenvalue weighted by atomic mass is 9.78. The molecule has 0 bridgehead atoms. The van der Waals surface area contributed by atoms with Gasteiger partial charge in [0.15, 0.2) is 0 Å². The molecule has 0 aliphatic heterocycles. The van der Waals surface area contributed by atoms with Crippen LogP contribution in [0, 0.1) is 18.8 Å². The fourth-order valence-electron chi connectivity index (χ4n) is 2.97. The molecule has 4 nitrogen and oxygen atoms in total. The topological polar surface area (TPSA) is 39.1 Å². The van der Waals surface area contributed by atoms with Crippen LogP contribution in [-0.2, 0) is 11.3 Å². The molecule has 0 amide bonds. The highest BCUT2D eigenvalue weighted by molar-refractivity contribution is 5.30. The van der Waals surface area contributed by atoms with Crippen molar-refractivity contribution in [3.8, 4) is 0 Å². The Balaban J connectivity index is 2.05. The molecule has 1 saturated carbocycles. The van der Waals surface area contributed by atoms with E-state index >= 15 is 0 Å². The number of ether oxygens (including phenoxy) is 1. The first-order valence-electron chi connectivity index (χ1n) is 7.41. The Morgan fingerprint density at radius 1 is 1.42 bits per heavy atom. The average Bonchev–Trinajstić information content (AvgIpc) is 2.73. The summed E-state index contributed by atoms with van der Waals surface area (Å²) in [6, 6.07) is 0.548. The molecule has 3 atom stereocenters. The number of nitrogens with zero attached hydrogens (tertiary/aromatic N) is 2. The first-order valence-corrected chi connectivity index (χ1v) is 7.41. The van der Waals surface area contributed by atoms with Crippen LogP contribution in [0.5, 0.6) is 0 Å². The molecule has 3 unspecified atom stereocenters. The largest absolute Gasteiger partial charge is 0.383 e. The molecule has 1 heterocycles. The van der Waals surface area contributed by atoms with Gasteiger partial charge in [-0.3, -0.25) is 0 Å². The Bertz CT molecular complexity index is 402. The van der Waals surface area contributed by atoms with E-state index in [1.165, 1.54) is 19.3 Å². The van der Waals surface area contributed by atoms with E-state index in [1.54, 1.807) is 7.11 Å². The Morgan fingerprint density at radius 3 is 2.95 bits per heavy atom. The van der Waals surface area contributed by atoms with Crippen molar-refractivity contribution in [2.75, 3.05) is 19.0 Å². The number of anilines is 1. The zero-order chi connectivity index (χ0) is 13.8. The van der Waals surface area contributed by atoms with Gasteiger partial charge in [-0.1, -0.05) is 26.7 Å². The number of methoxy groups -OCH3 is 1. The number of imidazole rings is 1. The van der Waals surface area contributed by atoms with Gasteiger partial charge in [-0.2, -0.15) is 0 Å². The molecule has 0 saturated heterocycles. The highest BCUT2D eigenvalue weighted by Gasteiger charge is 2.27. The maximum absolute atomic E-state index is 5.16. The van der Waals surface area contributed by atoms with Crippen LogP contribution in [0.15, 0.2) is 6.20 Å². The van der Waals surface area contributed by atoms with E-state index in [9.17, 15) is 0 Å². The minimum Gasteiger partial charge on any atom is -0.383 e. The molecule has 4 heteroatoms. The summed E-state index contributed by atoms with van der Waals surface area (Å²) in [7, 11) is 1.74. The average molecular weight is 265 g/mol. The van der Waals surface area contributed by atoms with Crippen LogP contribution in [-0.4, -0.2) is 29.3 Å². The second kappa shape index (κ2) is 6.42. The Morgan fingerprint density at radius 2 is 2.21 bits per heavy atom. The molecule has 1 fully saturated rings. The first kappa shape index (κ1) is 14.4. The van der Waals surface area contributed by atoms with Gasteiger partial charge >= 0.3 is 0 Å². The van der Waals surface area contributed by atoms with E-state index in [4.69, 9.17) is 4.74 Å². The van der Waals surface area contributed by atoms with Crippen LogP contribution in [0.1, 0.15) is 38.8 Å². The van der Waals surface area contributed by atoms with E-state index in [0.717, 1.165) is 30.7 Å². The number of aryl methyl sites for hydroxylation is 1. The fraction of sp³-hybridized carbons (Fsp3) is 0.800. The molecule has 1 aliphatic rings. The summed E-state index contributed by atoms with van der Waals surface area (Å²) in [5.41, 5.74) is 1.06. The van der Waals surface area contributed by atoms with Crippen molar-refractivity contribution in [1.29, 1.82) is 0 Å². The smallest absolute Gasteiger partial charge is 0.203 e. The zero-order valence-electron chi connectivity index (χ0n) is 12.6. The van der Waals surface area contributed by atoms with Gasteiger partial charge in [0.2, 0.25) is 5.95 Å². The van der Waals surface area contributed by atoms with E-state index in [1.807, 2.05) is 6.92 Å². The van der Waals surface area contributed by atoms with E-state index in [0.29, 0.717) is 12.0 Å². The van der Waals surface area contributed by atoms with Crippen molar-refractivity contribution in [3.05, 3.63) is 11.9 Å². The van der Waals surface area contributed by atoms with Gasteiger partial charge in [0.25, 0.3) is 0 Å². The lowest BCUT2D eigenvalue weighted by molar-refractivity contribution is 0.187. The summed E-state index contributed by atoms with van der Waals surface area (Å²) in [4.78, 5) is 4.61. The van der Waals surface area contributed by atoms with Crippen molar-refractivity contribution in [2.45, 2.75) is 52.6 Å². The number of hydrogen-bond donors (Lipinski definition) is 1. The van der Waals surface area contributed by atoms with Crippen molar-refractivity contribution < 1.29 is 4.74 Å². The van der Waals surface area contributed by atoms with E-state index in [-0.39, 0.29) is 0 Å². The molecule has 0 spiro atoms. The molecule has 1 aromatic rings. The Hall–Kier alpha value is -1.03. The van der Waals surface area contributed by atoms with Crippen LogP contribution in [0.3, 0.4) is 0 Å². The standard InChI is InChI=1S/C15H27N3O/c1-11-6-5-7-14(13(11)3)17-15-16-12(2)10-18(15)8-9-19-4/h10-11,13-14H,5-9H2,1-4H3,(H,16,17). The number of hydrogen-bond acceptors (Lipinski definition) is 3. The van der Waals surface area contributed by atoms with Gasteiger partial charge in [0.05, 0.1) is 12.3 Å². The van der Waals surface area contributed by atoms with E-state index in [2.05, 4.69) is 34.9 Å². The van der Waals surface area contributed by atoms with Crippen molar-refractivity contribution in [1.82, 2.24) is 9.55 Å². The van der Waals surface area contributed by atoms with Gasteiger partial charge in [-0.15, -0.1) is 0 Å². The minimum absolute atomic E-state index is 0.548. The first-order chi connectivity index (χ1) is 9.11. The van der Waals surface area contributed by atoms with Gasteiger partial charge in [-0.25, -0.2) is 4.98 Å². The van der Waals surface area contributed by atoms with Gasteiger partial charge in [0, 0.05) is 25.9 Å². The maximum Gasteiger partial charge on any atom is 0.203 e. The second-order valence-electron chi connectivity index (χ2n) is 5.91. The lowest BCUT2D eigenvalue weighted by Crippen LogP contribution is -2.36. The zero-order valence-corrected chi connectivity index (χ0v) is 12.6. The van der Waals surface area contributed by atoms with Crippen LogP contribution in [0.25, 0.3) is 0 Å². The van der Waals surface area contributed by atoms with Crippen LogP contribution in [0.4, 0.5) is 5.95 Å². The summed E-state index contributed by atoms with van der Waals surface area (Å²) < 4.78 is 7.33. The van der Waals surface area contributed by atoms with Crippen LogP contribution < -0.4 is 5.32 Å². The third-order valence-electron chi connectivity index (χ3n) is 4.45. The van der Waals surface area contributed by atoms with Crippen molar-refractivity contribution >= 4 is 5.95 Å². The van der Waals surface area contributed by atoms with Gasteiger partial charge in [-0.05, 0) is 25.2 Å². The molecule has 0 radical (unpaired) electrons. The molecular weight excluding hydrogens is 238 g/mol. The van der Waals surface area contributed by atoms with Crippen LogP contribution in [0.2, 0.25) is 0 Å². The predicted octanol–water partition coefficient (Wildman–Crippen LogP) is 3.07. The molecule has 0 aromatic carbocycles. The molecule has 1 aromatic heterocycles. The molecule has 1 N–H and O–H groups in total. The van der Waals surface area contributed by atoms with Crippen molar-refractivity contribution in [2.24, 2.45) is 11.8 Å². The van der Waals surface area contributed by atoms with E-state index < -0.39 is 0 Å². The minimum atomic E-state index is 0.548. The van der Waals surface area contributed by atoms with Gasteiger partial charge in [0.1, 0.15) is 0 Å². The third-order valence-corrected chi connectivity index (χ3v) is 4.45.